The fourth-order valence-corrected chi connectivity index (χ4v) is 2.62. The highest BCUT2D eigenvalue weighted by Crippen LogP contribution is 2.30. The van der Waals surface area contributed by atoms with E-state index in [0.717, 1.165) is 4.47 Å². The molecule has 0 heterocycles. The molecule has 0 fully saturated rings. The van der Waals surface area contributed by atoms with Gasteiger partial charge in [0.1, 0.15) is 0 Å². The van der Waals surface area contributed by atoms with Gasteiger partial charge in [-0.2, -0.15) is 0 Å². The highest BCUT2D eigenvalue weighted by atomic mass is 79.9. The van der Waals surface area contributed by atoms with Crippen molar-refractivity contribution in [2.45, 2.75) is 6.92 Å². The quantitative estimate of drug-likeness (QED) is 0.501. The van der Waals surface area contributed by atoms with Crippen LogP contribution < -0.4 is 0 Å². The molecule has 0 aliphatic heterocycles. The van der Waals surface area contributed by atoms with E-state index in [9.17, 15) is 0 Å². The lowest BCUT2D eigenvalue weighted by molar-refractivity contribution is 1.55. The highest BCUT2D eigenvalue weighted by Gasteiger charge is 2.03. The molecular weight excluding hydrogens is 260 g/mol. The summed E-state index contributed by atoms with van der Waals surface area (Å²) < 4.78 is 1.13. The molecule has 0 spiro atoms. The molecule has 0 radical (unpaired) electrons. The number of benzene rings is 3. The zero-order valence-corrected chi connectivity index (χ0v) is 10.6. The molecule has 16 heavy (non-hydrogen) atoms. The van der Waals surface area contributed by atoms with Crippen molar-refractivity contribution in [1.29, 1.82) is 0 Å². The average molecular weight is 271 g/mol. The Bertz CT molecular complexity index is 683. The lowest BCUT2D eigenvalue weighted by Gasteiger charge is -2.07. The van der Waals surface area contributed by atoms with Crippen LogP contribution in [0.15, 0.2) is 53.0 Å². The largest absolute Gasteiger partial charge is 0.0616 e. The van der Waals surface area contributed by atoms with Gasteiger partial charge >= 0.3 is 0 Å². The summed E-state index contributed by atoms with van der Waals surface area (Å²) >= 11 is 3.54. The zero-order chi connectivity index (χ0) is 11.1. The summed E-state index contributed by atoms with van der Waals surface area (Å²) in [6.07, 6.45) is 0. The summed E-state index contributed by atoms with van der Waals surface area (Å²) in [7, 11) is 0. The zero-order valence-electron chi connectivity index (χ0n) is 9.00. The first-order chi connectivity index (χ1) is 7.75. The van der Waals surface area contributed by atoms with Crippen LogP contribution in [0.4, 0.5) is 0 Å². The van der Waals surface area contributed by atoms with Crippen molar-refractivity contribution in [3.8, 4) is 0 Å². The molecule has 0 saturated heterocycles. The minimum atomic E-state index is 1.13. The number of aryl methyl sites for hydroxylation is 1. The minimum Gasteiger partial charge on any atom is -0.0616 e. The molecule has 0 unspecified atom stereocenters. The van der Waals surface area contributed by atoms with Crippen molar-refractivity contribution in [1.82, 2.24) is 0 Å². The standard InChI is InChI=1S/C15H11Br/c1-10-8-11-6-7-12(16)9-15(11)14-5-3-2-4-13(10)14/h2-9H,1H3. The second-order valence-corrected chi connectivity index (χ2v) is 5.02. The van der Waals surface area contributed by atoms with Crippen LogP contribution in [0.25, 0.3) is 21.5 Å². The maximum atomic E-state index is 3.54. The fourth-order valence-electron chi connectivity index (χ4n) is 2.26. The molecule has 0 amide bonds. The first-order valence-corrected chi connectivity index (χ1v) is 6.12. The van der Waals surface area contributed by atoms with Crippen LogP contribution in [0.1, 0.15) is 5.56 Å². The van der Waals surface area contributed by atoms with E-state index in [1.165, 1.54) is 27.1 Å². The molecule has 0 saturated carbocycles. The molecule has 0 aromatic heterocycles. The van der Waals surface area contributed by atoms with Crippen molar-refractivity contribution in [3.05, 3.63) is 58.6 Å². The van der Waals surface area contributed by atoms with Gasteiger partial charge < -0.3 is 0 Å². The molecule has 0 N–H and O–H groups in total. The van der Waals surface area contributed by atoms with Crippen LogP contribution in [-0.4, -0.2) is 0 Å². The summed E-state index contributed by atoms with van der Waals surface area (Å²) in [6, 6.07) is 17.3. The monoisotopic (exact) mass is 270 g/mol. The van der Waals surface area contributed by atoms with Gasteiger partial charge in [-0.1, -0.05) is 52.3 Å². The predicted molar refractivity (Wildman–Crippen MR) is 73.9 cm³/mol. The highest BCUT2D eigenvalue weighted by molar-refractivity contribution is 9.10. The number of hydrogen-bond donors (Lipinski definition) is 0. The van der Waals surface area contributed by atoms with E-state index in [4.69, 9.17) is 0 Å². The van der Waals surface area contributed by atoms with E-state index in [1.807, 2.05) is 0 Å². The Morgan fingerprint density at radius 1 is 0.812 bits per heavy atom. The normalized spacial score (nSPS) is 11.1. The summed E-state index contributed by atoms with van der Waals surface area (Å²) in [4.78, 5) is 0. The lowest BCUT2D eigenvalue weighted by atomic mass is 9.98. The number of fused-ring (bicyclic) bond motifs is 3. The Morgan fingerprint density at radius 2 is 1.56 bits per heavy atom. The Labute approximate surface area is 103 Å². The molecule has 0 aliphatic carbocycles. The summed E-state index contributed by atoms with van der Waals surface area (Å²) in [6.45, 7) is 2.17. The Kier molecular flexibility index (Phi) is 2.22. The van der Waals surface area contributed by atoms with E-state index < -0.39 is 0 Å². The molecule has 1 heteroatoms. The maximum Gasteiger partial charge on any atom is 0.0181 e. The maximum absolute atomic E-state index is 3.54. The smallest absolute Gasteiger partial charge is 0.0181 e. The molecule has 0 bridgehead atoms. The SMILES string of the molecule is Cc1cc2ccc(Br)cc2c2ccccc12. The van der Waals surface area contributed by atoms with Crippen molar-refractivity contribution >= 4 is 37.5 Å². The second kappa shape index (κ2) is 3.60. The minimum absolute atomic E-state index is 1.13. The van der Waals surface area contributed by atoms with Crippen LogP contribution in [0.3, 0.4) is 0 Å². The van der Waals surface area contributed by atoms with Crippen LogP contribution in [-0.2, 0) is 0 Å². The molecule has 78 valence electrons. The van der Waals surface area contributed by atoms with Crippen LogP contribution in [0.5, 0.6) is 0 Å². The number of rotatable bonds is 0. The topological polar surface area (TPSA) is 0 Å². The molecule has 3 aromatic carbocycles. The Hall–Kier alpha value is -1.34. The summed E-state index contributed by atoms with van der Waals surface area (Å²) in [5.74, 6) is 0. The summed E-state index contributed by atoms with van der Waals surface area (Å²) in [5.41, 5.74) is 1.34. The Morgan fingerprint density at radius 3 is 2.38 bits per heavy atom. The van der Waals surface area contributed by atoms with Gasteiger partial charge in [0.2, 0.25) is 0 Å². The molecule has 3 rings (SSSR count). The van der Waals surface area contributed by atoms with Crippen LogP contribution in [0, 0.1) is 6.92 Å². The van der Waals surface area contributed by atoms with E-state index in [-0.39, 0.29) is 0 Å². The van der Waals surface area contributed by atoms with Gasteiger partial charge in [-0.25, -0.2) is 0 Å². The van der Waals surface area contributed by atoms with E-state index in [1.54, 1.807) is 0 Å². The van der Waals surface area contributed by atoms with E-state index in [2.05, 4.69) is 71.4 Å². The molecule has 3 aromatic rings. The third-order valence-corrected chi connectivity index (χ3v) is 3.52. The first-order valence-electron chi connectivity index (χ1n) is 5.33. The molecule has 0 atom stereocenters. The predicted octanol–water partition coefficient (Wildman–Crippen LogP) is 5.06. The van der Waals surface area contributed by atoms with Gasteiger partial charge in [0.25, 0.3) is 0 Å². The van der Waals surface area contributed by atoms with Gasteiger partial charge in [0, 0.05) is 4.47 Å². The average Bonchev–Trinajstić information content (AvgIpc) is 2.31. The van der Waals surface area contributed by atoms with Crippen molar-refractivity contribution in [2.24, 2.45) is 0 Å². The van der Waals surface area contributed by atoms with Crippen molar-refractivity contribution in [3.63, 3.8) is 0 Å². The summed E-state index contributed by atoms with van der Waals surface area (Å²) in [5, 5.41) is 5.29. The van der Waals surface area contributed by atoms with Crippen LogP contribution >= 0.6 is 15.9 Å². The van der Waals surface area contributed by atoms with Gasteiger partial charge in [-0.05, 0) is 46.2 Å². The van der Waals surface area contributed by atoms with E-state index in [0.29, 0.717) is 0 Å². The van der Waals surface area contributed by atoms with E-state index >= 15 is 0 Å². The number of halogens is 1. The third kappa shape index (κ3) is 1.43. The first kappa shape index (κ1) is 9.86. The van der Waals surface area contributed by atoms with Gasteiger partial charge in [-0.15, -0.1) is 0 Å². The fraction of sp³-hybridized carbons (Fsp3) is 0.0667. The van der Waals surface area contributed by atoms with Crippen LogP contribution in [0.2, 0.25) is 0 Å². The van der Waals surface area contributed by atoms with Gasteiger partial charge in [-0.3, -0.25) is 0 Å². The van der Waals surface area contributed by atoms with Crippen molar-refractivity contribution in [2.75, 3.05) is 0 Å². The second-order valence-electron chi connectivity index (χ2n) is 4.10. The lowest BCUT2D eigenvalue weighted by Crippen LogP contribution is -1.82. The number of hydrogen-bond acceptors (Lipinski definition) is 0. The van der Waals surface area contributed by atoms with Gasteiger partial charge in [0.05, 0.1) is 0 Å². The Balaban J connectivity index is 2.61. The third-order valence-electron chi connectivity index (χ3n) is 3.03. The molecule has 0 nitrogen and oxygen atoms in total. The molecule has 0 aliphatic rings. The molecular formula is C15H11Br. The van der Waals surface area contributed by atoms with Gasteiger partial charge in [0.15, 0.2) is 0 Å². The van der Waals surface area contributed by atoms with Crippen molar-refractivity contribution < 1.29 is 0 Å².